The van der Waals surface area contributed by atoms with Gasteiger partial charge in [0.2, 0.25) is 0 Å². The molecule has 0 aliphatic rings. The van der Waals surface area contributed by atoms with E-state index in [9.17, 15) is 0 Å². The number of ether oxygens (including phenoxy) is 1. The second-order valence-corrected chi connectivity index (χ2v) is 5.21. The van der Waals surface area contributed by atoms with E-state index in [0.717, 1.165) is 28.7 Å². The number of nitrogens with one attached hydrogen (secondary N) is 1. The van der Waals surface area contributed by atoms with E-state index in [1.807, 2.05) is 13.8 Å². The topological polar surface area (TPSA) is 34.1 Å². The maximum Gasteiger partial charge on any atom is 0.142 e. The molecule has 1 N–H and O–H groups in total. The maximum absolute atomic E-state index is 5.63. The fourth-order valence-electron chi connectivity index (χ4n) is 1.73. The lowest BCUT2D eigenvalue weighted by Crippen LogP contribution is -2.03. The predicted molar refractivity (Wildman–Crippen MR) is 76.5 cm³/mol. The van der Waals surface area contributed by atoms with Gasteiger partial charge in [0.1, 0.15) is 5.75 Å². The van der Waals surface area contributed by atoms with E-state index in [-0.39, 0.29) is 0 Å². The third-order valence-corrected chi connectivity index (χ3v) is 3.39. The van der Waals surface area contributed by atoms with Crippen molar-refractivity contribution in [2.45, 2.75) is 27.3 Å². The van der Waals surface area contributed by atoms with E-state index < -0.39 is 0 Å². The Hall–Kier alpha value is -1.55. The van der Waals surface area contributed by atoms with Gasteiger partial charge < -0.3 is 10.1 Å². The van der Waals surface area contributed by atoms with Gasteiger partial charge in [-0.1, -0.05) is 6.07 Å². The lowest BCUT2D eigenvalue weighted by Gasteiger charge is -2.12. The summed E-state index contributed by atoms with van der Waals surface area (Å²) in [6, 6.07) is 6.19. The average molecular weight is 262 g/mol. The first-order valence-electron chi connectivity index (χ1n) is 6.07. The number of anilines is 1. The van der Waals surface area contributed by atoms with Crippen molar-refractivity contribution in [3.63, 3.8) is 0 Å². The minimum atomic E-state index is 0.675. The molecule has 0 aliphatic heterocycles. The molecule has 0 unspecified atom stereocenters. The van der Waals surface area contributed by atoms with Crippen LogP contribution in [0.15, 0.2) is 23.6 Å². The Morgan fingerprint density at radius 3 is 2.83 bits per heavy atom. The third-order valence-electron chi connectivity index (χ3n) is 2.56. The molecule has 3 nitrogen and oxygen atoms in total. The highest BCUT2D eigenvalue weighted by Gasteiger charge is 2.04. The summed E-state index contributed by atoms with van der Waals surface area (Å²) in [6.07, 6.45) is 0. The van der Waals surface area contributed by atoms with E-state index in [4.69, 9.17) is 4.74 Å². The maximum atomic E-state index is 5.63. The van der Waals surface area contributed by atoms with Gasteiger partial charge in [-0.05, 0) is 38.5 Å². The van der Waals surface area contributed by atoms with Crippen LogP contribution < -0.4 is 10.1 Å². The van der Waals surface area contributed by atoms with Gasteiger partial charge in [-0.15, -0.1) is 11.3 Å². The molecule has 0 radical (unpaired) electrons. The normalized spacial score (nSPS) is 10.4. The Morgan fingerprint density at radius 1 is 1.33 bits per heavy atom. The molecule has 0 aliphatic carbocycles. The second-order valence-electron chi connectivity index (χ2n) is 4.14. The Bertz CT molecular complexity index is 522. The number of thiazole rings is 1. The number of hydrogen-bond acceptors (Lipinski definition) is 4. The molecule has 2 rings (SSSR count). The Kier molecular flexibility index (Phi) is 4.20. The summed E-state index contributed by atoms with van der Waals surface area (Å²) in [5, 5.41) is 6.55. The van der Waals surface area contributed by atoms with E-state index in [2.05, 4.69) is 40.8 Å². The minimum absolute atomic E-state index is 0.675. The number of nitrogens with zero attached hydrogens (tertiary/aromatic N) is 1. The van der Waals surface area contributed by atoms with Crippen LogP contribution >= 0.6 is 11.3 Å². The van der Waals surface area contributed by atoms with Gasteiger partial charge in [0, 0.05) is 5.38 Å². The monoisotopic (exact) mass is 262 g/mol. The van der Waals surface area contributed by atoms with Crippen molar-refractivity contribution in [1.29, 1.82) is 0 Å². The molecule has 2 aromatic rings. The van der Waals surface area contributed by atoms with Gasteiger partial charge in [0.05, 0.1) is 29.5 Å². The standard InChI is InChI=1S/C14H18N2OS/c1-4-17-14-7-10(2)5-6-13(14)15-8-12-9-18-11(3)16-12/h5-7,9,15H,4,8H2,1-3H3. The van der Waals surface area contributed by atoms with Crippen LogP contribution in [0.5, 0.6) is 5.75 Å². The van der Waals surface area contributed by atoms with Crippen LogP contribution in [0.25, 0.3) is 0 Å². The average Bonchev–Trinajstić information content (AvgIpc) is 2.75. The van der Waals surface area contributed by atoms with E-state index in [1.54, 1.807) is 11.3 Å². The molecule has 1 aromatic carbocycles. The summed E-state index contributed by atoms with van der Waals surface area (Å²) in [6.45, 7) is 7.49. The first kappa shape index (κ1) is 12.9. The van der Waals surface area contributed by atoms with Crippen molar-refractivity contribution in [3.8, 4) is 5.75 Å². The van der Waals surface area contributed by atoms with E-state index in [1.165, 1.54) is 5.56 Å². The van der Waals surface area contributed by atoms with Crippen molar-refractivity contribution < 1.29 is 4.74 Å². The lowest BCUT2D eigenvalue weighted by molar-refractivity contribution is 0.341. The van der Waals surface area contributed by atoms with Gasteiger partial charge >= 0.3 is 0 Å². The van der Waals surface area contributed by atoms with Gasteiger partial charge in [-0.25, -0.2) is 4.98 Å². The van der Waals surface area contributed by atoms with Gasteiger partial charge in [-0.3, -0.25) is 0 Å². The van der Waals surface area contributed by atoms with Crippen molar-refractivity contribution in [1.82, 2.24) is 4.98 Å². The quantitative estimate of drug-likeness (QED) is 0.890. The molecule has 0 atom stereocenters. The molecule has 0 amide bonds. The van der Waals surface area contributed by atoms with Crippen LogP contribution in [0.2, 0.25) is 0 Å². The molecule has 1 aromatic heterocycles. The first-order valence-corrected chi connectivity index (χ1v) is 6.95. The molecule has 96 valence electrons. The SMILES string of the molecule is CCOc1cc(C)ccc1NCc1csc(C)n1. The molecular formula is C14H18N2OS. The molecule has 4 heteroatoms. The number of aromatic nitrogens is 1. The fraction of sp³-hybridized carbons (Fsp3) is 0.357. The van der Waals surface area contributed by atoms with Crippen LogP contribution in [0.1, 0.15) is 23.2 Å². The lowest BCUT2D eigenvalue weighted by atomic mass is 10.2. The summed E-state index contributed by atoms with van der Waals surface area (Å²) in [7, 11) is 0. The van der Waals surface area contributed by atoms with Crippen molar-refractivity contribution in [2.75, 3.05) is 11.9 Å². The highest BCUT2D eigenvalue weighted by molar-refractivity contribution is 7.09. The van der Waals surface area contributed by atoms with Crippen LogP contribution in [0.4, 0.5) is 5.69 Å². The molecule has 0 fully saturated rings. The van der Waals surface area contributed by atoms with Gasteiger partial charge in [0.25, 0.3) is 0 Å². The molecule has 0 spiro atoms. The summed E-state index contributed by atoms with van der Waals surface area (Å²) in [5.41, 5.74) is 3.29. The predicted octanol–water partition coefficient (Wildman–Crippen LogP) is 3.77. The van der Waals surface area contributed by atoms with Gasteiger partial charge in [-0.2, -0.15) is 0 Å². The molecule has 0 saturated carbocycles. The van der Waals surface area contributed by atoms with Crippen LogP contribution in [0.3, 0.4) is 0 Å². The smallest absolute Gasteiger partial charge is 0.142 e. The van der Waals surface area contributed by atoms with Crippen molar-refractivity contribution in [3.05, 3.63) is 39.8 Å². The summed E-state index contributed by atoms with van der Waals surface area (Å²) < 4.78 is 5.63. The first-order chi connectivity index (χ1) is 8.69. The summed E-state index contributed by atoms with van der Waals surface area (Å²) in [4.78, 5) is 4.43. The van der Waals surface area contributed by atoms with Crippen molar-refractivity contribution in [2.24, 2.45) is 0 Å². The summed E-state index contributed by atoms with van der Waals surface area (Å²) >= 11 is 1.67. The number of aryl methyl sites for hydroxylation is 2. The van der Waals surface area contributed by atoms with Crippen LogP contribution in [-0.2, 0) is 6.54 Å². The molecule has 1 heterocycles. The molecular weight excluding hydrogens is 244 g/mol. The number of benzene rings is 1. The zero-order valence-electron chi connectivity index (χ0n) is 11.0. The minimum Gasteiger partial charge on any atom is -0.492 e. The van der Waals surface area contributed by atoms with Crippen molar-refractivity contribution >= 4 is 17.0 Å². The Balaban J connectivity index is 2.08. The Labute approximate surface area is 112 Å². The zero-order valence-corrected chi connectivity index (χ0v) is 11.8. The van der Waals surface area contributed by atoms with Crippen LogP contribution in [-0.4, -0.2) is 11.6 Å². The summed E-state index contributed by atoms with van der Waals surface area (Å²) in [5.74, 6) is 0.907. The van der Waals surface area contributed by atoms with Crippen LogP contribution in [0, 0.1) is 13.8 Å². The largest absolute Gasteiger partial charge is 0.492 e. The highest BCUT2D eigenvalue weighted by atomic mass is 32.1. The highest BCUT2D eigenvalue weighted by Crippen LogP contribution is 2.26. The molecule has 18 heavy (non-hydrogen) atoms. The van der Waals surface area contributed by atoms with Gasteiger partial charge in [0.15, 0.2) is 0 Å². The van der Waals surface area contributed by atoms with E-state index >= 15 is 0 Å². The fourth-order valence-corrected chi connectivity index (χ4v) is 2.34. The molecule has 0 bridgehead atoms. The second kappa shape index (κ2) is 5.87. The number of rotatable bonds is 5. The van der Waals surface area contributed by atoms with E-state index in [0.29, 0.717) is 6.61 Å². The zero-order chi connectivity index (χ0) is 13.0. The number of hydrogen-bond donors (Lipinski definition) is 1. The molecule has 0 saturated heterocycles. The Morgan fingerprint density at radius 2 is 2.17 bits per heavy atom. The third kappa shape index (κ3) is 3.23.